The molecule has 0 aromatic rings. The van der Waals surface area contributed by atoms with Gasteiger partial charge < -0.3 is 10.4 Å². The zero-order chi connectivity index (χ0) is 16.3. The van der Waals surface area contributed by atoms with Gasteiger partial charge in [0.25, 0.3) is 0 Å². The van der Waals surface area contributed by atoms with Crippen LogP contribution >= 0.6 is 0 Å². The average molecular weight is 332 g/mol. The molecule has 0 aromatic heterocycles. The lowest BCUT2D eigenvalue weighted by molar-refractivity contribution is -0.142. The van der Waals surface area contributed by atoms with Crippen molar-refractivity contribution in [2.24, 2.45) is 11.8 Å². The first-order valence-electron chi connectivity index (χ1n) is 7.75. The normalized spacial score (nSPS) is 30.7. The van der Waals surface area contributed by atoms with E-state index in [4.69, 9.17) is 5.11 Å². The van der Waals surface area contributed by atoms with E-state index >= 15 is 0 Å². The molecule has 2 rings (SSSR count). The largest absolute Gasteiger partial charge is 0.481 e. The Morgan fingerprint density at radius 1 is 1.09 bits per heavy atom. The van der Waals surface area contributed by atoms with Crippen LogP contribution in [0.1, 0.15) is 38.5 Å². The first-order valence-corrected chi connectivity index (χ1v) is 9.60. The lowest BCUT2D eigenvalue weighted by Crippen LogP contribution is -2.48. The fourth-order valence-electron chi connectivity index (χ4n) is 3.26. The van der Waals surface area contributed by atoms with Gasteiger partial charge in [-0.15, -0.1) is 0 Å². The molecule has 126 valence electrons. The molecule has 7 nitrogen and oxygen atoms in total. The molecule has 1 amide bonds. The zero-order valence-electron chi connectivity index (χ0n) is 12.8. The van der Waals surface area contributed by atoms with E-state index in [1.165, 1.54) is 10.6 Å². The van der Waals surface area contributed by atoms with Crippen molar-refractivity contribution < 1.29 is 23.1 Å². The van der Waals surface area contributed by atoms with Gasteiger partial charge in [0.1, 0.15) is 0 Å². The second-order valence-electron chi connectivity index (χ2n) is 6.36. The third-order valence-electron chi connectivity index (χ3n) is 4.65. The van der Waals surface area contributed by atoms with Crippen molar-refractivity contribution in [3.05, 3.63) is 0 Å². The monoisotopic (exact) mass is 332 g/mol. The number of carbonyl (C=O) groups is 2. The number of carbonyl (C=O) groups excluding carboxylic acids is 1. The summed E-state index contributed by atoms with van der Waals surface area (Å²) in [7, 11) is -3.25. The predicted octanol–water partition coefficient (Wildman–Crippen LogP) is 0.418. The van der Waals surface area contributed by atoms with Gasteiger partial charge >= 0.3 is 5.97 Å². The van der Waals surface area contributed by atoms with Crippen molar-refractivity contribution in [1.82, 2.24) is 9.62 Å². The van der Waals surface area contributed by atoms with Crippen LogP contribution in [0.2, 0.25) is 0 Å². The molecule has 0 bridgehead atoms. The van der Waals surface area contributed by atoms with Gasteiger partial charge in [-0.25, -0.2) is 12.7 Å². The van der Waals surface area contributed by atoms with Gasteiger partial charge in [-0.1, -0.05) is 0 Å². The fraction of sp³-hybridized carbons (Fsp3) is 0.857. The zero-order valence-corrected chi connectivity index (χ0v) is 13.6. The smallest absolute Gasteiger partial charge is 0.306 e. The Bertz CT molecular complexity index is 525. The molecule has 2 fully saturated rings. The maximum Gasteiger partial charge on any atom is 0.306 e. The number of nitrogens with zero attached hydrogens (tertiary/aromatic N) is 1. The van der Waals surface area contributed by atoms with Gasteiger partial charge in [0.15, 0.2) is 0 Å². The molecule has 1 atom stereocenters. The van der Waals surface area contributed by atoms with Gasteiger partial charge in [0, 0.05) is 19.1 Å². The molecule has 0 aromatic carbocycles. The summed E-state index contributed by atoms with van der Waals surface area (Å²) in [6.07, 6.45) is 5.07. The third-order valence-corrected chi connectivity index (χ3v) is 5.92. The Kier molecular flexibility index (Phi) is 5.44. The number of aliphatic carboxylic acids is 1. The fourth-order valence-corrected chi connectivity index (χ4v) is 4.17. The number of rotatable bonds is 4. The van der Waals surface area contributed by atoms with Gasteiger partial charge in [-0.3, -0.25) is 9.59 Å². The highest BCUT2D eigenvalue weighted by molar-refractivity contribution is 7.88. The number of sulfonamides is 1. The third kappa shape index (κ3) is 4.42. The molecule has 1 aliphatic carbocycles. The molecule has 1 saturated heterocycles. The number of piperidine rings is 1. The lowest BCUT2D eigenvalue weighted by atomic mass is 9.85. The van der Waals surface area contributed by atoms with E-state index in [0.29, 0.717) is 45.1 Å². The molecule has 22 heavy (non-hydrogen) atoms. The highest BCUT2D eigenvalue weighted by atomic mass is 32.2. The van der Waals surface area contributed by atoms with Crippen molar-refractivity contribution in [3.63, 3.8) is 0 Å². The maximum atomic E-state index is 12.3. The number of carboxylic acids is 1. The minimum absolute atomic E-state index is 0.0108. The van der Waals surface area contributed by atoms with Gasteiger partial charge in [0.2, 0.25) is 15.9 Å². The average Bonchev–Trinajstić information content (AvgIpc) is 2.47. The molecule has 8 heteroatoms. The quantitative estimate of drug-likeness (QED) is 0.776. The molecule has 2 N–H and O–H groups in total. The van der Waals surface area contributed by atoms with Crippen LogP contribution in [0.4, 0.5) is 0 Å². The predicted molar refractivity (Wildman–Crippen MR) is 80.7 cm³/mol. The Morgan fingerprint density at radius 2 is 1.73 bits per heavy atom. The summed E-state index contributed by atoms with van der Waals surface area (Å²) in [5.74, 6) is -1.47. The summed E-state index contributed by atoms with van der Waals surface area (Å²) in [6.45, 7) is 0.724. The van der Waals surface area contributed by atoms with Crippen LogP contribution < -0.4 is 5.32 Å². The molecule has 1 aliphatic heterocycles. The van der Waals surface area contributed by atoms with Crippen molar-refractivity contribution in [3.8, 4) is 0 Å². The van der Waals surface area contributed by atoms with Crippen molar-refractivity contribution >= 4 is 21.9 Å². The van der Waals surface area contributed by atoms with Crippen LogP contribution in [0.25, 0.3) is 0 Å². The highest BCUT2D eigenvalue weighted by Crippen LogP contribution is 2.25. The van der Waals surface area contributed by atoms with Gasteiger partial charge in [-0.05, 0) is 38.5 Å². The molecular formula is C14H24N2O5S. The molecule has 1 saturated carbocycles. The van der Waals surface area contributed by atoms with E-state index in [1.807, 2.05) is 0 Å². The first kappa shape index (κ1) is 17.2. The van der Waals surface area contributed by atoms with Crippen LogP contribution in [-0.4, -0.2) is 55.1 Å². The van der Waals surface area contributed by atoms with Crippen LogP contribution in [0, 0.1) is 11.8 Å². The summed E-state index contributed by atoms with van der Waals surface area (Å²) in [5.41, 5.74) is 0. The summed E-state index contributed by atoms with van der Waals surface area (Å²) < 4.78 is 24.5. The van der Waals surface area contributed by atoms with E-state index in [2.05, 4.69) is 5.32 Å². The van der Waals surface area contributed by atoms with Gasteiger partial charge in [0.05, 0.1) is 18.1 Å². The Hall–Kier alpha value is -1.15. The number of amides is 1. The first-order chi connectivity index (χ1) is 10.3. The SMILES string of the molecule is CS(=O)(=O)N1CCC[C@@H](C(=O)NC2CCC(C(=O)O)CC2)C1. The number of nitrogens with one attached hydrogen (secondary N) is 1. The molecule has 0 spiro atoms. The van der Waals surface area contributed by atoms with E-state index in [1.54, 1.807) is 0 Å². The summed E-state index contributed by atoms with van der Waals surface area (Å²) in [5, 5.41) is 11.9. The molecule has 0 unspecified atom stereocenters. The summed E-state index contributed by atoms with van der Waals surface area (Å²) in [4.78, 5) is 23.2. The van der Waals surface area contributed by atoms with Crippen molar-refractivity contribution in [2.75, 3.05) is 19.3 Å². The minimum atomic E-state index is -3.25. The van der Waals surface area contributed by atoms with Gasteiger partial charge in [-0.2, -0.15) is 0 Å². The molecule has 2 aliphatic rings. The van der Waals surface area contributed by atoms with Crippen LogP contribution in [0.3, 0.4) is 0 Å². The Balaban J connectivity index is 1.84. The molecular weight excluding hydrogens is 308 g/mol. The Morgan fingerprint density at radius 3 is 2.27 bits per heavy atom. The van der Waals surface area contributed by atoms with E-state index in [-0.39, 0.29) is 30.3 Å². The topological polar surface area (TPSA) is 104 Å². The van der Waals surface area contributed by atoms with E-state index in [9.17, 15) is 18.0 Å². The van der Waals surface area contributed by atoms with Crippen LogP contribution in [-0.2, 0) is 19.6 Å². The lowest BCUT2D eigenvalue weighted by Gasteiger charge is -2.32. The highest BCUT2D eigenvalue weighted by Gasteiger charge is 2.32. The van der Waals surface area contributed by atoms with E-state index in [0.717, 1.165) is 0 Å². The standard InChI is InChI=1S/C14H24N2O5S/c1-22(20,21)16-8-2-3-11(9-16)13(17)15-12-6-4-10(5-7-12)14(18)19/h10-12H,2-9H2,1H3,(H,15,17)(H,18,19)/t10?,11-,12?/m1/s1. The van der Waals surface area contributed by atoms with Crippen LogP contribution in [0.5, 0.6) is 0 Å². The maximum absolute atomic E-state index is 12.3. The Labute approximate surface area is 131 Å². The number of hydrogen-bond acceptors (Lipinski definition) is 4. The van der Waals surface area contributed by atoms with Crippen LogP contribution in [0.15, 0.2) is 0 Å². The van der Waals surface area contributed by atoms with E-state index < -0.39 is 16.0 Å². The minimum Gasteiger partial charge on any atom is -0.481 e. The molecule has 0 radical (unpaired) electrons. The summed E-state index contributed by atoms with van der Waals surface area (Å²) >= 11 is 0. The number of hydrogen-bond donors (Lipinski definition) is 2. The second kappa shape index (κ2) is 6.95. The molecule has 1 heterocycles. The summed E-state index contributed by atoms with van der Waals surface area (Å²) in [6, 6.07) is 0.0108. The number of carboxylic acid groups (broad SMARTS) is 1. The van der Waals surface area contributed by atoms with Crippen molar-refractivity contribution in [1.29, 1.82) is 0 Å². The van der Waals surface area contributed by atoms with Crippen molar-refractivity contribution in [2.45, 2.75) is 44.6 Å². The second-order valence-corrected chi connectivity index (χ2v) is 8.34.